The number of carbonyl (C=O) groups excluding carboxylic acids is 1. The van der Waals surface area contributed by atoms with Gasteiger partial charge in [-0.15, -0.1) is 0 Å². The lowest BCUT2D eigenvalue weighted by Gasteiger charge is -2.07. The minimum absolute atomic E-state index is 0.102. The van der Waals surface area contributed by atoms with E-state index in [-0.39, 0.29) is 5.69 Å². The molecular formula is C12H7F3N2O4S. The van der Waals surface area contributed by atoms with Crippen molar-refractivity contribution in [2.24, 2.45) is 0 Å². The highest BCUT2D eigenvalue weighted by molar-refractivity contribution is 7.81. The summed E-state index contributed by atoms with van der Waals surface area (Å²) in [5.41, 5.74) is -0.667. The summed E-state index contributed by atoms with van der Waals surface area (Å²) in [7, 11) is -5.25. The normalized spacial score (nSPS) is 11.0. The van der Waals surface area contributed by atoms with Crippen LogP contribution in [-0.4, -0.2) is 19.3 Å². The summed E-state index contributed by atoms with van der Waals surface area (Å²) in [6, 6.07) is 3.25. The van der Waals surface area contributed by atoms with Gasteiger partial charge in [-0.25, -0.2) is 8.78 Å². The van der Waals surface area contributed by atoms with E-state index in [1.54, 1.807) is 0 Å². The molecule has 0 fully saturated rings. The van der Waals surface area contributed by atoms with Crippen LogP contribution in [0.2, 0.25) is 0 Å². The topological polar surface area (TPSA) is 85.4 Å². The van der Waals surface area contributed by atoms with Crippen molar-refractivity contribution in [2.75, 3.05) is 5.32 Å². The minimum Gasteiger partial charge on any atom is -0.357 e. The Labute approximate surface area is 123 Å². The predicted octanol–water partition coefficient (Wildman–Crippen LogP) is 2.21. The van der Waals surface area contributed by atoms with Crippen molar-refractivity contribution >= 4 is 22.1 Å². The van der Waals surface area contributed by atoms with Gasteiger partial charge in [-0.1, -0.05) is 3.89 Å². The van der Waals surface area contributed by atoms with E-state index in [0.29, 0.717) is 6.07 Å². The number of nitrogens with one attached hydrogen (secondary N) is 1. The molecule has 116 valence electrons. The average molecular weight is 332 g/mol. The van der Waals surface area contributed by atoms with Gasteiger partial charge in [0.05, 0.1) is 23.6 Å². The Morgan fingerprint density at radius 1 is 1.18 bits per heavy atom. The number of carbonyl (C=O) groups is 1. The van der Waals surface area contributed by atoms with Crippen molar-refractivity contribution in [3.05, 3.63) is 53.9 Å². The molecule has 0 aliphatic heterocycles. The zero-order valence-electron chi connectivity index (χ0n) is 10.6. The van der Waals surface area contributed by atoms with Crippen LogP contribution in [0.5, 0.6) is 5.75 Å². The fourth-order valence-corrected chi connectivity index (χ4v) is 1.84. The molecule has 0 saturated carbocycles. The van der Waals surface area contributed by atoms with Crippen molar-refractivity contribution in [3.63, 3.8) is 0 Å². The quantitative estimate of drug-likeness (QED) is 0.868. The summed E-state index contributed by atoms with van der Waals surface area (Å²) in [4.78, 5) is 15.3. The minimum atomic E-state index is -5.25. The zero-order valence-corrected chi connectivity index (χ0v) is 11.4. The second-order valence-corrected chi connectivity index (χ2v) is 4.92. The van der Waals surface area contributed by atoms with Crippen molar-refractivity contribution in [3.8, 4) is 5.75 Å². The number of anilines is 1. The molecule has 0 spiro atoms. The Bertz CT molecular complexity index is 827. The third-order valence-corrected chi connectivity index (χ3v) is 2.73. The highest BCUT2D eigenvalue weighted by Gasteiger charge is 2.15. The predicted molar refractivity (Wildman–Crippen MR) is 69.2 cm³/mol. The fourth-order valence-electron chi connectivity index (χ4n) is 1.52. The number of amides is 1. The van der Waals surface area contributed by atoms with Crippen LogP contribution < -0.4 is 9.50 Å². The number of hydrogen-bond acceptors (Lipinski definition) is 5. The summed E-state index contributed by atoms with van der Waals surface area (Å²) in [5, 5.41) is 2.15. The van der Waals surface area contributed by atoms with Crippen LogP contribution >= 0.6 is 0 Å². The van der Waals surface area contributed by atoms with Gasteiger partial charge >= 0.3 is 10.5 Å². The monoisotopic (exact) mass is 332 g/mol. The molecule has 1 heterocycles. The number of rotatable bonds is 4. The molecule has 0 radical (unpaired) electrons. The van der Waals surface area contributed by atoms with Gasteiger partial charge in [-0.2, -0.15) is 8.42 Å². The molecule has 1 aromatic carbocycles. The number of hydrogen-bond donors (Lipinski definition) is 1. The van der Waals surface area contributed by atoms with Crippen LogP contribution in [0, 0.1) is 11.6 Å². The summed E-state index contributed by atoms with van der Waals surface area (Å²) >= 11 is 0. The van der Waals surface area contributed by atoms with Gasteiger partial charge in [0.25, 0.3) is 5.91 Å². The lowest BCUT2D eigenvalue weighted by atomic mass is 10.2. The maximum absolute atomic E-state index is 13.4. The number of nitrogens with zero attached hydrogens (tertiary/aromatic N) is 1. The van der Waals surface area contributed by atoms with E-state index in [1.165, 1.54) is 0 Å². The molecule has 0 atom stereocenters. The lowest BCUT2D eigenvalue weighted by molar-refractivity contribution is 0.102. The molecule has 0 saturated heterocycles. The molecule has 1 N–H and O–H groups in total. The van der Waals surface area contributed by atoms with E-state index in [0.717, 1.165) is 30.6 Å². The van der Waals surface area contributed by atoms with E-state index in [1.807, 2.05) is 0 Å². The van der Waals surface area contributed by atoms with Gasteiger partial charge in [-0.3, -0.25) is 9.78 Å². The molecular weight excluding hydrogens is 325 g/mol. The zero-order chi connectivity index (χ0) is 16.3. The second kappa shape index (κ2) is 6.02. The molecule has 0 bridgehead atoms. The van der Waals surface area contributed by atoms with Gasteiger partial charge in [0.1, 0.15) is 11.6 Å². The third kappa shape index (κ3) is 4.19. The SMILES string of the molecule is O=C(Nc1cncc(OS(=O)(=O)F)c1)c1cc(F)ccc1F. The van der Waals surface area contributed by atoms with Crippen LogP contribution in [0.1, 0.15) is 10.4 Å². The summed E-state index contributed by atoms with van der Waals surface area (Å²) < 4.78 is 63.4. The highest BCUT2D eigenvalue weighted by atomic mass is 32.3. The largest absolute Gasteiger partial charge is 0.488 e. The molecule has 22 heavy (non-hydrogen) atoms. The van der Waals surface area contributed by atoms with Crippen LogP contribution in [-0.2, 0) is 10.5 Å². The van der Waals surface area contributed by atoms with Gasteiger partial charge in [-0.05, 0) is 18.2 Å². The Morgan fingerprint density at radius 2 is 1.91 bits per heavy atom. The first-order chi connectivity index (χ1) is 10.2. The molecule has 0 aliphatic rings. The maximum Gasteiger partial charge on any atom is 0.488 e. The van der Waals surface area contributed by atoms with Gasteiger partial charge < -0.3 is 9.50 Å². The van der Waals surface area contributed by atoms with Crippen LogP contribution in [0.4, 0.5) is 18.4 Å². The third-order valence-electron chi connectivity index (χ3n) is 2.34. The Morgan fingerprint density at radius 3 is 2.59 bits per heavy atom. The molecule has 1 amide bonds. The number of aromatic nitrogens is 1. The van der Waals surface area contributed by atoms with Crippen LogP contribution in [0.3, 0.4) is 0 Å². The van der Waals surface area contributed by atoms with E-state index < -0.39 is 39.4 Å². The Hall–Kier alpha value is -2.62. The number of pyridine rings is 1. The summed E-state index contributed by atoms with van der Waals surface area (Å²) in [5.74, 6) is -3.27. The van der Waals surface area contributed by atoms with Crippen LogP contribution in [0.25, 0.3) is 0 Å². The van der Waals surface area contributed by atoms with Crippen molar-refractivity contribution in [2.45, 2.75) is 0 Å². The maximum atomic E-state index is 13.4. The van der Waals surface area contributed by atoms with Crippen molar-refractivity contribution < 1.29 is 30.1 Å². The van der Waals surface area contributed by atoms with E-state index >= 15 is 0 Å². The first-order valence-corrected chi connectivity index (χ1v) is 6.91. The molecule has 0 aliphatic carbocycles. The first-order valence-electron chi connectivity index (χ1n) is 5.60. The summed E-state index contributed by atoms with van der Waals surface area (Å²) in [6.07, 6.45) is 1.96. The Kier molecular flexibility index (Phi) is 4.31. The van der Waals surface area contributed by atoms with E-state index in [4.69, 9.17) is 0 Å². The Balaban J connectivity index is 2.22. The van der Waals surface area contributed by atoms with Crippen LogP contribution in [0.15, 0.2) is 36.7 Å². The standard InChI is InChI=1S/C12H7F3N2O4S/c13-7-1-2-11(14)10(3-7)12(18)17-8-4-9(6-16-5-8)21-22(15,19)20/h1-6H,(H,17,18). The number of benzene rings is 1. The first kappa shape index (κ1) is 15.8. The number of halogens is 3. The van der Waals surface area contributed by atoms with Crippen molar-refractivity contribution in [1.82, 2.24) is 4.98 Å². The molecule has 1 aromatic heterocycles. The molecule has 2 rings (SSSR count). The van der Waals surface area contributed by atoms with E-state index in [9.17, 15) is 25.9 Å². The average Bonchev–Trinajstić information content (AvgIpc) is 2.40. The highest BCUT2D eigenvalue weighted by Crippen LogP contribution is 2.19. The molecule has 2 aromatic rings. The fraction of sp³-hybridized carbons (Fsp3) is 0. The van der Waals surface area contributed by atoms with Crippen molar-refractivity contribution in [1.29, 1.82) is 0 Å². The molecule has 0 unspecified atom stereocenters. The lowest BCUT2D eigenvalue weighted by Crippen LogP contribution is -2.14. The van der Waals surface area contributed by atoms with Gasteiger partial charge in [0.15, 0.2) is 5.75 Å². The van der Waals surface area contributed by atoms with E-state index in [2.05, 4.69) is 14.5 Å². The van der Waals surface area contributed by atoms with Gasteiger partial charge in [0.2, 0.25) is 0 Å². The second-order valence-electron chi connectivity index (χ2n) is 3.96. The van der Waals surface area contributed by atoms with Gasteiger partial charge in [0, 0.05) is 6.07 Å². The smallest absolute Gasteiger partial charge is 0.357 e. The molecule has 10 heteroatoms. The summed E-state index contributed by atoms with van der Waals surface area (Å²) in [6.45, 7) is 0. The molecule has 6 nitrogen and oxygen atoms in total.